The van der Waals surface area contributed by atoms with Gasteiger partial charge in [-0.25, -0.2) is 13.2 Å². The second-order valence-electron chi connectivity index (χ2n) is 7.29. The molecule has 0 fully saturated rings. The second kappa shape index (κ2) is 13.1. The Hall–Kier alpha value is -2.69. The average molecular weight is 488 g/mol. The summed E-state index contributed by atoms with van der Waals surface area (Å²) in [6, 6.07) is 21.2. The van der Waals surface area contributed by atoms with Crippen LogP contribution in [0.25, 0.3) is 0 Å². The van der Waals surface area contributed by atoms with E-state index in [0.29, 0.717) is 6.61 Å². The lowest BCUT2D eigenvalue weighted by atomic mass is 10.1. The molecule has 2 aromatic carbocycles. The summed E-state index contributed by atoms with van der Waals surface area (Å²) in [6.07, 6.45) is 2.06. The number of hydrogen-bond acceptors (Lipinski definition) is 5. The van der Waals surface area contributed by atoms with Crippen molar-refractivity contribution in [2.45, 2.75) is 31.9 Å². The van der Waals surface area contributed by atoms with Crippen molar-refractivity contribution >= 4 is 16.1 Å². The van der Waals surface area contributed by atoms with Crippen LogP contribution in [0, 0.1) is 0 Å². The summed E-state index contributed by atoms with van der Waals surface area (Å²) in [4.78, 5) is 11.2. The fourth-order valence-corrected chi connectivity index (χ4v) is 3.17. The lowest BCUT2D eigenvalue weighted by Crippen LogP contribution is -2.47. The van der Waals surface area contributed by atoms with E-state index in [1.54, 1.807) is 0 Å². The number of carbonyl (C=O) groups is 1. The molecular formula is C23H28F3NO5S. The van der Waals surface area contributed by atoms with Crippen LogP contribution in [-0.2, 0) is 32.7 Å². The normalized spacial score (nSPS) is 11.8. The Labute approximate surface area is 192 Å². The van der Waals surface area contributed by atoms with Crippen molar-refractivity contribution in [3.63, 3.8) is 0 Å². The lowest BCUT2D eigenvalue weighted by molar-refractivity contribution is -0.952. The predicted molar refractivity (Wildman–Crippen MR) is 117 cm³/mol. The van der Waals surface area contributed by atoms with Gasteiger partial charge in [0.2, 0.25) is 0 Å². The van der Waals surface area contributed by atoms with E-state index >= 15 is 0 Å². The third kappa shape index (κ3) is 10.6. The number of esters is 1. The third-order valence-electron chi connectivity index (χ3n) is 4.86. The standard InChI is InChI=1S/C22H28NO2.CHF3O3S/c1-3-22(24)25-17-11-16-23(4-2,18-20-12-7-5-8-13-20)19-21-14-9-6-10-15-21;2-1(3,4)8(5,6)7/h3,5-10,12-15H,1,4,11,16-19H2,2H3;(H,5,6,7)/q+1;/p-1. The van der Waals surface area contributed by atoms with Gasteiger partial charge in [0.25, 0.3) is 0 Å². The molecule has 0 amide bonds. The van der Waals surface area contributed by atoms with E-state index in [2.05, 4.69) is 74.2 Å². The molecule has 0 radical (unpaired) electrons. The number of quaternary nitrogens is 1. The maximum Gasteiger partial charge on any atom is 0.485 e. The van der Waals surface area contributed by atoms with Crippen molar-refractivity contribution in [3.8, 4) is 0 Å². The van der Waals surface area contributed by atoms with Gasteiger partial charge in [-0.2, -0.15) is 13.2 Å². The van der Waals surface area contributed by atoms with Gasteiger partial charge < -0.3 is 13.8 Å². The highest BCUT2D eigenvalue weighted by Gasteiger charge is 2.36. The first-order valence-electron chi connectivity index (χ1n) is 10.2. The molecule has 0 spiro atoms. The number of rotatable bonds is 10. The molecule has 0 unspecified atom stereocenters. The van der Waals surface area contributed by atoms with Crippen molar-refractivity contribution in [1.82, 2.24) is 0 Å². The Balaban J connectivity index is 0.000000582. The molecule has 182 valence electrons. The Bertz CT molecular complexity index is 923. The van der Waals surface area contributed by atoms with Gasteiger partial charge in [0.15, 0.2) is 10.1 Å². The summed E-state index contributed by atoms with van der Waals surface area (Å²) in [5.41, 5.74) is -2.97. The van der Waals surface area contributed by atoms with Gasteiger partial charge in [-0.15, -0.1) is 0 Å². The molecule has 0 atom stereocenters. The maximum absolute atomic E-state index is 11.2. The van der Waals surface area contributed by atoms with E-state index in [1.807, 2.05) is 0 Å². The highest BCUT2D eigenvalue weighted by atomic mass is 32.2. The van der Waals surface area contributed by atoms with E-state index in [9.17, 15) is 18.0 Å². The Kier molecular flexibility index (Phi) is 11.3. The molecule has 33 heavy (non-hydrogen) atoms. The summed E-state index contributed by atoms with van der Waals surface area (Å²) in [5.74, 6) is -0.347. The fraction of sp³-hybridized carbons (Fsp3) is 0.348. The van der Waals surface area contributed by atoms with Gasteiger partial charge in [-0.1, -0.05) is 67.2 Å². The number of benzene rings is 2. The molecule has 6 nitrogen and oxygen atoms in total. The highest BCUT2D eigenvalue weighted by molar-refractivity contribution is 7.86. The molecule has 0 N–H and O–H groups in total. The average Bonchev–Trinajstić information content (AvgIpc) is 2.77. The highest BCUT2D eigenvalue weighted by Crippen LogP contribution is 2.21. The monoisotopic (exact) mass is 487 g/mol. The number of carbonyl (C=O) groups excluding carboxylic acids is 1. The molecule has 0 bridgehead atoms. The van der Waals surface area contributed by atoms with Gasteiger partial charge in [0.05, 0.1) is 19.7 Å². The van der Waals surface area contributed by atoms with Crippen LogP contribution in [0.5, 0.6) is 0 Å². The van der Waals surface area contributed by atoms with Crippen LogP contribution in [0.4, 0.5) is 13.2 Å². The van der Waals surface area contributed by atoms with E-state index in [1.165, 1.54) is 17.2 Å². The molecule has 2 rings (SSSR count). The number of ether oxygens (including phenoxy) is 1. The maximum atomic E-state index is 11.2. The molecule has 0 aliphatic heterocycles. The first kappa shape index (κ1) is 28.3. The zero-order chi connectivity index (χ0) is 25.0. The number of alkyl halides is 3. The molecule has 0 saturated carbocycles. The van der Waals surface area contributed by atoms with E-state index < -0.39 is 15.6 Å². The topological polar surface area (TPSA) is 83.5 Å². The first-order valence-corrected chi connectivity index (χ1v) is 11.6. The third-order valence-corrected chi connectivity index (χ3v) is 5.43. The summed E-state index contributed by atoms with van der Waals surface area (Å²) in [6.45, 7) is 10.1. The van der Waals surface area contributed by atoms with Gasteiger partial charge in [-0.05, 0) is 6.92 Å². The first-order chi connectivity index (χ1) is 15.4. The zero-order valence-corrected chi connectivity index (χ0v) is 19.1. The number of hydrogen-bond donors (Lipinski definition) is 0. The van der Waals surface area contributed by atoms with E-state index in [0.717, 1.165) is 37.1 Å². The fourth-order valence-electron chi connectivity index (χ4n) is 3.17. The number of nitrogens with zero attached hydrogens (tertiary/aromatic N) is 1. The minimum absolute atomic E-state index is 0.347. The quantitative estimate of drug-likeness (QED) is 0.124. The zero-order valence-electron chi connectivity index (χ0n) is 18.3. The molecule has 2 aromatic rings. The summed E-state index contributed by atoms with van der Waals surface area (Å²) < 4.78 is 65.0. The molecule has 0 aromatic heterocycles. The molecule has 10 heteroatoms. The Morgan fingerprint density at radius 3 is 1.79 bits per heavy atom. The minimum Gasteiger partial charge on any atom is -0.741 e. The van der Waals surface area contributed by atoms with Gasteiger partial charge in [0.1, 0.15) is 13.1 Å². The summed E-state index contributed by atoms with van der Waals surface area (Å²) in [5, 5.41) is 0. The van der Waals surface area contributed by atoms with Crippen LogP contribution in [0.3, 0.4) is 0 Å². The SMILES string of the molecule is C=CC(=O)OCCC[N+](CC)(Cc1ccccc1)Cc1ccccc1.O=S(=O)([O-])C(F)(F)F. The van der Waals surface area contributed by atoms with Gasteiger partial charge in [-0.3, -0.25) is 0 Å². The second-order valence-corrected chi connectivity index (χ2v) is 8.67. The van der Waals surface area contributed by atoms with Crippen LogP contribution in [0.2, 0.25) is 0 Å². The molecule has 0 heterocycles. The molecule has 0 aliphatic rings. The van der Waals surface area contributed by atoms with Crippen molar-refractivity contribution in [1.29, 1.82) is 0 Å². The Morgan fingerprint density at radius 1 is 1.03 bits per heavy atom. The van der Waals surface area contributed by atoms with E-state index in [4.69, 9.17) is 17.7 Å². The summed E-state index contributed by atoms with van der Waals surface area (Å²) >= 11 is 0. The van der Waals surface area contributed by atoms with Crippen molar-refractivity contribution < 1.29 is 40.2 Å². The van der Waals surface area contributed by atoms with Gasteiger partial charge in [0, 0.05) is 23.6 Å². The minimum atomic E-state index is -6.09. The lowest BCUT2D eigenvalue weighted by Gasteiger charge is -2.38. The van der Waals surface area contributed by atoms with Crippen molar-refractivity contribution in [2.75, 3.05) is 19.7 Å². The summed E-state index contributed by atoms with van der Waals surface area (Å²) in [7, 11) is -6.09. The van der Waals surface area contributed by atoms with Crippen molar-refractivity contribution in [3.05, 3.63) is 84.4 Å². The molecule has 0 saturated heterocycles. The van der Waals surface area contributed by atoms with Gasteiger partial charge >= 0.3 is 11.5 Å². The largest absolute Gasteiger partial charge is 0.741 e. The van der Waals surface area contributed by atoms with Crippen LogP contribution in [-0.4, -0.2) is 48.6 Å². The van der Waals surface area contributed by atoms with Crippen LogP contribution >= 0.6 is 0 Å². The van der Waals surface area contributed by atoms with Crippen LogP contribution in [0.15, 0.2) is 73.3 Å². The smallest absolute Gasteiger partial charge is 0.485 e. The van der Waals surface area contributed by atoms with Crippen LogP contribution < -0.4 is 0 Å². The Morgan fingerprint density at radius 2 is 1.45 bits per heavy atom. The van der Waals surface area contributed by atoms with Crippen LogP contribution in [0.1, 0.15) is 24.5 Å². The van der Waals surface area contributed by atoms with Crippen molar-refractivity contribution in [2.24, 2.45) is 0 Å². The number of halogens is 3. The molecular weight excluding hydrogens is 459 g/mol. The molecule has 0 aliphatic carbocycles. The predicted octanol–water partition coefficient (Wildman–Crippen LogP) is 4.39. The van der Waals surface area contributed by atoms with E-state index in [-0.39, 0.29) is 5.97 Å².